The van der Waals surface area contributed by atoms with Gasteiger partial charge in [0.05, 0.1) is 5.56 Å². The molecule has 2 heterocycles. The molecule has 0 atom stereocenters. The van der Waals surface area contributed by atoms with E-state index >= 15 is 0 Å². The Hall–Kier alpha value is -2.58. The molecule has 1 aromatic carbocycles. The summed E-state index contributed by atoms with van der Waals surface area (Å²) in [5, 5.41) is 0. The van der Waals surface area contributed by atoms with Crippen LogP contribution in [0.1, 0.15) is 42.6 Å². The zero-order valence-corrected chi connectivity index (χ0v) is 17.8. The Labute approximate surface area is 180 Å². The van der Waals surface area contributed by atoms with Gasteiger partial charge in [0.1, 0.15) is 0 Å². The van der Waals surface area contributed by atoms with Crippen molar-refractivity contribution in [3.63, 3.8) is 0 Å². The molecule has 2 saturated heterocycles. The molecule has 2 aliphatic rings. The molecule has 0 N–H and O–H groups in total. The number of alkyl halides is 3. The van der Waals surface area contributed by atoms with E-state index in [-0.39, 0.29) is 35.1 Å². The van der Waals surface area contributed by atoms with Gasteiger partial charge in [-0.05, 0) is 37.1 Å². The van der Waals surface area contributed by atoms with Crippen LogP contribution in [0.4, 0.5) is 13.2 Å². The number of hydrogen-bond donors (Lipinski definition) is 0. The van der Waals surface area contributed by atoms with Gasteiger partial charge in [-0.2, -0.15) is 13.2 Å². The van der Waals surface area contributed by atoms with Crippen molar-refractivity contribution in [3.8, 4) is 0 Å². The maximum atomic E-state index is 12.9. The first-order valence-corrected chi connectivity index (χ1v) is 10.6. The number of hydrogen-bond acceptors (Lipinski definition) is 3. The lowest BCUT2D eigenvalue weighted by atomic mass is 9.94. The summed E-state index contributed by atoms with van der Waals surface area (Å²) in [4.78, 5) is 42.7. The fourth-order valence-electron chi connectivity index (χ4n) is 4.08. The van der Waals surface area contributed by atoms with Gasteiger partial charge in [-0.3, -0.25) is 14.4 Å². The molecule has 9 heteroatoms. The van der Waals surface area contributed by atoms with Crippen LogP contribution in [-0.4, -0.2) is 71.7 Å². The molecule has 2 fully saturated rings. The maximum absolute atomic E-state index is 12.9. The molecule has 0 unspecified atom stereocenters. The Bertz CT molecular complexity index is 808. The molecule has 2 aliphatic heterocycles. The first-order valence-electron chi connectivity index (χ1n) is 10.6. The number of benzene rings is 1. The van der Waals surface area contributed by atoms with Gasteiger partial charge < -0.3 is 14.7 Å². The van der Waals surface area contributed by atoms with Crippen molar-refractivity contribution >= 4 is 17.7 Å². The highest BCUT2D eigenvalue weighted by Crippen LogP contribution is 2.29. The molecular formula is C22H28F3N3O3. The molecule has 3 amide bonds. The molecule has 6 nitrogen and oxygen atoms in total. The molecule has 0 radical (unpaired) electrons. The molecule has 0 aromatic heterocycles. The van der Waals surface area contributed by atoms with Crippen LogP contribution in [0.15, 0.2) is 24.3 Å². The second-order valence-electron chi connectivity index (χ2n) is 8.45. The van der Waals surface area contributed by atoms with Crippen LogP contribution in [0.5, 0.6) is 0 Å². The number of carbonyl (C=O) groups is 3. The minimum Gasteiger partial charge on any atom is -0.339 e. The van der Waals surface area contributed by atoms with E-state index < -0.39 is 11.7 Å². The van der Waals surface area contributed by atoms with Crippen molar-refractivity contribution in [1.29, 1.82) is 0 Å². The van der Waals surface area contributed by atoms with Gasteiger partial charge in [0.2, 0.25) is 11.8 Å². The van der Waals surface area contributed by atoms with Crippen LogP contribution in [0, 0.1) is 11.8 Å². The lowest BCUT2D eigenvalue weighted by Gasteiger charge is -2.39. The third-order valence-corrected chi connectivity index (χ3v) is 5.99. The summed E-state index contributed by atoms with van der Waals surface area (Å²) in [5.41, 5.74) is -0.577. The summed E-state index contributed by atoms with van der Waals surface area (Å²) < 4.78 is 38.1. The Morgan fingerprint density at radius 1 is 0.839 bits per heavy atom. The zero-order valence-electron chi connectivity index (χ0n) is 17.8. The van der Waals surface area contributed by atoms with E-state index in [2.05, 4.69) is 0 Å². The van der Waals surface area contributed by atoms with E-state index in [1.54, 1.807) is 14.7 Å². The highest BCUT2D eigenvalue weighted by atomic mass is 19.4. The fourth-order valence-corrected chi connectivity index (χ4v) is 4.08. The molecular weight excluding hydrogens is 411 g/mol. The predicted molar refractivity (Wildman–Crippen MR) is 108 cm³/mol. The molecule has 1 aromatic rings. The number of amides is 3. The lowest BCUT2D eigenvalue weighted by molar-refractivity contribution is -0.144. The van der Waals surface area contributed by atoms with Crippen LogP contribution < -0.4 is 0 Å². The summed E-state index contributed by atoms with van der Waals surface area (Å²) in [5.74, 6) is -0.404. The molecule has 3 rings (SSSR count). The molecule has 0 saturated carbocycles. The molecule has 170 valence electrons. The Morgan fingerprint density at radius 3 is 1.84 bits per heavy atom. The van der Waals surface area contributed by atoms with E-state index in [1.807, 2.05) is 13.8 Å². The first-order chi connectivity index (χ1) is 14.6. The Morgan fingerprint density at radius 2 is 1.35 bits per heavy atom. The molecule has 0 bridgehead atoms. The van der Waals surface area contributed by atoms with Crippen LogP contribution in [0.3, 0.4) is 0 Å². The van der Waals surface area contributed by atoms with E-state index in [9.17, 15) is 27.6 Å². The van der Waals surface area contributed by atoms with E-state index in [1.165, 1.54) is 12.1 Å². The summed E-state index contributed by atoms with van der Waals surface area (Å²) in [6, 6.07) is 4.21. The average Bonchev–Trinajstić information content (AvgIpc) is 2.77. The zero-order chi connectivity index (χ0) is 22.8. The third-order valence-electron chi connectivity index (χ3n) is 5.99. The van der Waals surface area contributed by atoms with E-state index in [0.717, 1.165) is 12.1 Å². The monoisotopic (exact) mass is 439 g/mol. The van der Waals surface area contributed by atoms with Crippen molar-refractivity contribution < 1.29 is 27.6 Å². The van der Waals surface area contributed by atoms with Crippen molar-refractivity contribution in [3.05, 3.63) is 35.4 Å². The topological polar surface area (TPSA) is 60.9 Å². The van der Waals surface area contributed by atoms with Crippen LogP contribution in [-0.2, 0) is 15.8 Å². The number of rotatable bonds is 3. The summed E-state index contributed by atoms with van der Waals surface area (Å²) >= 11 is 0. The first kappa shape index (κ1) is 23.1. The number of likely N-dealkylation sites (tertiary alicyclic amines) is 1. The molecule has 0 spiro atoms. The number of piperidine rings is 1. The number of nitrogens with zero attached hydrogens (tertiary/aromatic N) is 3. The smallest absolute Gasteiger partial charge is 0.339 e. The number of carbonyl (C=O) groups excluding carboxylic acids is 3. The van der Waals surface area contributed by atoms with Crippen molar-refractivity contribution in [1.82, 2.24) is 14.7 Å². The highest BCUT2D eigenvalue weighted by Gasteiger charge is 2.34. The minimum absolute atomic E-state index is 0.0540. The highest BCUT2D eigenvalue weighted by molar-refractivity contribution is 5.94. The normalized spacial score (nSPS) is 18.5. The van der Waals surface area contributed by atoms with Gasteiger partial charge in [0, 0.05) is 56.7 Å². The van der Waals surface area contributed by atoms with E-state index in [4.69, 9.17) is 0 Å². The predicted octanol–water partition coefficient (Wildman–Crippen LogP) is 2.88. The number of piperazine rings is 1. The van der Waals surface area contributed by atoms with Crippen LogP contribution in [0.2, 0.25) is 0 Å². The van der Waals surface area contributed by atoms with Gasteiger partial charge in [0.15, 0.2) is 0 Å². The summed E-state index contributed by atoms with van der Waals surface area (Å²) in [6.45, 7) is 6.61. The molecule has 0 aliphatic carbocycles. The van der Waals surface area contributed by atoms with Gasteiger partial charge in [-0.15, -0.1) is 0 Å². The van der Waals surface area contributed by atoms with Crippen LogP contribution >= 0.6 is 0 Å². The molecule has 31 heavy (non-hydrogen) atoms. The average molecular weight is 439 g/mol. The Balaban J connectivity index is 1.50. The van der Waals surface area contributed by atoms with Gasteiger partial charge in [-0.25, -0.2) is 0 Å². The van der Waals surface area contributed by atoms with Gasteiger partial charge in [0.25, 0.3) is 5.91 Å². The standard InChI is InChI=1S/C22H28F3N3O3/c1-15(2)19(29)27-11-13-28(14-12-27)21(31)17-7-9-26(10-8-17)20(30)16-3-5-18(6-4-16)22(23,24)25/h3-6,15,17H,7-14H2,1-2H3. The van der Waals surface area contributed by atoms with Crippen molar-refractivity contribution in [2.75, 3.05) is 39.3 Å². The van der Waals surface area contributed by atoms with Crippen LogP contribution in [0.25, 0.3) is 0 Å². The van der Waals surface area contributed by atoms with Crippen molar-refractivity contribution in [2.24, 2.45) is 11.8 Å². The quantitative estimate of drug-likeness (QED) is 0.728. The fraction of sp³-hybridized carbons (Fsp3) is 0.591. The SMILES string of the molecule is CC(C)C(=O)N1CCN(C(=O)C2CCN(C(=O)c3ccc(C(F)(F)F)cc3)CC2)CC1. The summed E-state index contributed by atoms with van der Waals surface area (Å²) in [6.07, 6.45) is -3.39. The summed E-state index contributed by atoms with van der Waals surface area (Å²) in [7, 11) is 0. The Kier molecular flexibility index (Phi) is 6.91. The van der Waals surface area contributed by atoms with Gasteiger partial charge in [-0.1, -0.05) is 13.8 Å². The minimum atomic E-state index is -4.44. The third kappa shape index (κ3) is 5.37. The maximum Gasteiger partial charge on any atom is 0.416 e. The lowest BCUT2D eigenvalue weighted by Crippen LogP contribution is -2.53. The van der Waals surface area contributed by atoms with Crippen molar-refractivity contribution in [2.45, 2.75) is 32.9 Å². The number of halogens is 3. The second kappa shape index (κ2) is 9.28. The van der Waals surface area contributed by atoms with E-state index in [0.29, 0.717) is 52.1 Å². The largest absolute Gasteiger partial charge is 0.416 e. The van der Waals surface area contributed by atoms with Gasteiger partial charge >= 0.3 is 6.18 Å². The second-order valence-corrected chi connectivity index (χ2v) is 8.45.